The summed E-state index contributed by atoms with van der Waals surface area (Å²) in [5.74, 6) is 0. The monoisotopic (exact) mass is 212 g/mol. The molecule has 46 valence electrons. The second-order valence-electron chi connectivity index (χ2n) is 0.989. The second-order valence-corrected chi connectivity index (χ2v) is 0.989. The van der Waals surface area contributed by atoms with Crippen LogP contribution in [0.25, 0.3) is 0 Å². The van der Waals surface area contributed by atoms with E-state index in [0.29, 0.717) is 0 Å². The van der Waals surface area contributed by atoms with Crippen LogP contribution in [0.1, 0.15) is 0 Å². The molecule has 1 aliphatic rings. The maximum absolute atomic E-state index is 4.45. The molecule has 0 radical (unpaired) electrons. The number of nitrogens with zero attached hydrogens (tertiary/aromatic N) is 1. The molecule has 1 aliphatic heterocycles. The number of halogens is 1. The van der Waals surface area contributed by atoms with Gasteiger partial charge in [-0.1, -0.05) is 0 Å². The third-order valence-electron chi connectivity index (χ3n) is 0.568. The second kappa shape index (κ2) is 6.50. The summed E-state index contributed by atoms with van der Waals surface area (Å²) in [7, 11) is 4.45. The van der Waals surface area contributed by atoms with E-state index in [9.17, 15) is 0 Å². The van der Waals surface area contributed by atoms with Gasteiger partial charge >= 0.3 is 29.2 Å². The number of aliphatic imine (C=N–C) groups is 1. The first-order chi connectivity index (χ1) is 3.50. The molecule has 4 heteroatoms. The van der Waals surface area contributed by atoms with Gasteiger partial charge in [0.15, 0.2) is 0 Å². The van der Waals surface area contributed by atoms with Crippen molar-refractivity contribution in [2.24, 2.45) is 4.99 Å². The summed E-state index contributed by atoms with van der Waals surface area (Å²) in [6, 6.07) is 0. The van der Waals surface area contributed by atoms with Crippen LogP contribution in [-0.2, 0) is 20.0 Å². The van der Waals surface area contributed by atoms with Crippen molar-refractivity contribution in [3.8, 4) is 0 Å². The van der Waals surface area contributed by atoms with E-state index in [1.807, 2.05) is 0 Å². The first-order valence-electron chi connectivity index (χ1n) is 1.83. The topological polar surface area (TPSA) is 24.4 Å². The van der Waals surface area contributed by atoms with Gasteiger partial charge in [-0.25, -0.2) is 0 Å². The molecule has 0 saturated carbocycles. The number of rotatable bonds is 0. The average molecular weight is 213 g/mol. The van der Waals surface area contributed by atoms with E-state index in [1.165, 1.54) is 0 Å². The summed E-state index contributed by atoms with van der Waals surface area (Å²) in [6.45, 7) is 1.99. The molecule has 7 heavy (non-hydrogen) atoms. The molecule has 0 aromatic carbocycles. The van der Waals surface area contributed by atoms with Gasteiger partial charge in [-0.15, -0.1) is 0 Å². The Morgan fingerprint density at radius 2 is 2.43 bits per heavy atom. The summed E-state index contributed by atoms with van der Waals surface area (Å²) in [6.07, 6.45) is 1.74. The molecule has 1 rings (SSSR count). The Morgan fingerprint density at radius 3 is 2.57 bits per heavy atom. The third kappa shape index (κ3) is 4.35. The Labute approximate surface area is 59.1 Å². The predicted octanol–water partition coefficient (Wildman–Crippen LogP) is 0.305. The van der Waals surface area contributed by atoms with E-state index in [-0.39, 0.29) is 0 Å². The van der Waals surface area contributed by atoms with Gasteiger partial charge in [0.1, 0.15) is 0 Å². The van der Waals surface area contributed by atoms with Gasteiger partial charge in [-0.3, -0.25) is 4.99 Å². The minimum atomic E-state index is 0.958. The SMILES string of the molecule is C1=NCCN1.[Cl][Ag]. The standard InChI is InChI=1S/C3H6N2.Ag.ClH/c1-2-5-3-4-1;;/h3H,1-2H2,(H,4,5);;1H/q;+1;/p-1. The summed E-state index contributed by atoms with van der Waals surface area (Å²) in [4.78, 5) is 3.85. The Hall–Kier alpha value is 0.500. The van der Waals surface area contributed by atoms with Gasteiger partial charge in [0.05, 0.1) is 12.9 Å². The van der Waals surface area contributed by atoms with Gasteiger partial charge in [-0.05, 0) is 0 Å². The molecule has 0 aromatic rings. The van der Waals surface area contributed by atoms with Gasteiger partial charge in [-0.2, -0.15) is 0 Å². The number of hydrogen-bond acceptors (Lipinski definition) is 2. The quantitative estimate of drug-likeness (QED) is 0.575. The molecular weight excluding hydrogens is 207 g/mol. The molecule has 0 saturated heterocycles. The van der Waals surface area contributed by atoms with Crippen LogP contribution in [0.5, 0.6) is 0 Å². The van der Waals surface area contributed by atoms with Crippen LogP contribution in [0.4, 0.5) is 0 Å². The molecule has 2 nitrogen and oxygen atoms in total. The molecule has 0 aliphatic carbocycles. The first kappa shape index (κ1) is 7.50. The number of hydrogen-bond donors (Lipinski definition) is 1. The van der Waals surface area contributed by atoms with E-state index in [2.05, 4.69) is 39.5 Å². The molecule has 0 aromatic heterocycles. The first-order valence-corrected chi connectivity index (χ1v) is 3.74. The molecule has 0 fully saturated rings. The molecule has 1 heterocycles. The van der Waals surface area contributed by atoms with Crippen LogP contribution in [-0.4, -0.2) is 19.4 Å². The number of nitrogens with one attached hydrogen (secondary N) is 1. The van der Waals surface area contributed by atoms with Crippen molar-refractivity contribution in [1.82, 2.24) is 5.32 Å². The Kier molecular flexibility index (Phi) is 6.96. The fourth-order valence-electron chi connectivity index (χ4n) is 0.323. The van der Waals surface area contributed by atoms with Crippen molar-refractivity contribution >= 4 is 15.5 Å². The normalized spacial score (nSPS) is 14.7. The average Bonchev–Trinajstić information content (AvgIpc) is 2.23. The van der Waals surface area contributed by atoms with Crippen molar-refractivity contribution in [3.63, 3.8) is 0 Å². The summed E-state index contributed by atoms with van der Waals surface area (Å²) >= 11 is 2.42. The van der Waals surface area contributed by atoms with Crippen LogP contribution >= 0.6 is 9.19 Å². The van der Waals surface area contributed by atoms with Gasteiger partial charge in [0.25, 0.3) is 0 Å². The zero-order valence-corrected chi connectivity index (χ0v) is 5.86. The summed E-state index contributed by atoms with van der Waals surface area (Å²) < 4.78 is 0. The van der Waals surface area contributed by atoms with Gasteiger partial charge in [0.2, 0.25) is 0 Å². The molecule has 0 spiro atoms. The fourth-order valence-corrected chi connectivity index (χ4v) is 0.323. The molecular formula is C3H6AgClN2. The molecule has 0 bridgehead atoms. The van der Waals surface area contributed by atoms with E-state index in [0.717, 1.165) is 13.1 Å². The van der Waals surface area contributed by atoms with Crippen LogP contribution in [0.15, 0.2) is 4.99 Å². The van der Waals surface area contributed by atoms with E-state index in [1.54, 1.807) is 6.34 Å². The molecule has 0 unspecified atom stereocenters. The minimum absolute atomic E-state index is 0.958. The zero-order valence-electron chi connectivity index (χ0n) is 3.62. The Morgan fingerprint density at radius 1 is 1.71 bits per heavy atom. The van der Waals surface area contributed by atoms with Crippen molar-refractivity contribution in [2.45, 2.75) is 0 Å². The zero-order chi connectivity index (χ0) is 5.54. The van der Waals surface area contributed by atoms with Crippen LogP contribution < -0.4 is 5.32 Å². The van der Waals surface area contributed by atoms with Gasteiger partial charge in [0, 0.05) is 6.54 Å². The molecule has 0 amide bonds. The van der Waals surface area contributed by atoms with Crippen LogP contribution in [0.3, 0.4) is 0 Å². The van der Waals surface area contributed by atoms with Crippen molar-refractivity contribution in [3.05, 3.63) is 0 Å². The van der Waals surface area contributed by atoms with Crippen molar-refractivity contribution in [1.29, 1.82) is 0 Å². The van der Waals surface area contributed by atoms with Crippen LogP contribution in [0, 0.1) is 0 Å². The maximum atomic E-state index is 4.45. The Bertz CT molecular complexity index is 50.9. The fraction of sp³-hybridized carbons (Fsp3) is 0.667. The van der Waals surface area contributed by atoms with Crippen molar-refractivity contribution < 1.29 is 20.0 Å². The molecule has 0 atom stereocenters. The van der Waals surface area contributed by atoms with E-state index in [4.69, 9.17) is 0 Å². The summed E-state index contributed by atoms with van der Waals surface area (Å²) in [5, 5.41) is 2.93. The van der Waals surface area contributed by atoms with Crippen molar-refractivity contribution in [2.75, 3.05) is 13.1 Å². The van der Waals surface area contributed by atoms with Gasteiger partial charge < -0.3 is 5.32 Å². The predicted molar refractivity (Wildman–Crippen MR) is 27.2 cm³/mol. The van der Waals surface area contributed by atoms with E-state index >= 15 is 0 Å². The third-order valence-corrected chi connectivity index (χ3v) is 0.568. The Balaban J connectivity index is 0.000000162. The van der Waals surface area contributed by atoms with Crippen LogP contribution in [0.2, 0.25) is 0 Å². The van der Waals surface area contributed by atoms with E-state index < -0.39 is 0 Å². The molecule has 1 N–H and O–H groups in total. The summed E-state index contributed by atoms with van der Waals surface area (Å²) in [5.41, 5.74) is 0.